The Bertz CT molecular complexity index is 1390. The first-order valence-corrected chi connectivity index (χ1v) is 13.3. The van der Waals surface area contributed by atoms with Crippen molar-refractivity contribution < 1.29 is 23.1 Å². The number of carboxylic acid groups (broad SMARTS) is 1. The number of nitrogens with zero attached hydrogens (tertiary/aromatic N) is 1. The smallest absolute Gasteiger partial charge is 0.321 e. The van der Waals surface area contributed by atoms with Gasteiger partial charge < -0.3 is 10.4 Å². The van der Waals surface area contributed by atoms with E-state index in [4.69, 9.17) is 0 Å². The Hall–Kier alpha value is -3.34. The third kappa shape index (κ3) is 5.04. The first-order chi connectivity index (χ1) is 16.6. The average molecular weight is 512 g/mol. The zero-order valence-corrected chi connectivity index (χ0v) is 20.8. The van der Waals surface area contributed by atoms with E-state index in [0.717, 1.165) is 27.2 Å². The lowest BCUT2D eigenvalue weighted by molar-refractivity contribution is -0.140. The molecule has 182 valence electrons. The lowest BCUT2D eigenvalue weighted by Gasteiger charge is -2.34. The number of thiazole rings is 1. The number of sulfonamides is 1. The van der Waals surface area contributed by atoms with Crippen LogP contribution in [0.15, 0.2) is 72.8 Å². The molecule has 1 heterocycles. The van der Waals surface area contributed by atoms with Gasteiger partial charge >= 0.3 is 5.97 Å². The molecule has 0 saturated carbocycles. The summed E-state index contributed by atoms with van der Waals surface area (Å²) in [6.45, 7) is 3.22. The van der Waals surface area contributed by atoms with E-state index >= 15 is 0 Å². The summed E-state index contributed by atoms with van der Waals surface area (Å²) in [5, 5.41) is 12.3. The maximum absolute atomic E-state index is 13.6. The molecular formula is C25H25N3O5S2. The van der Waals surface area contributed by atoms with Crippen LogP contribution < -0.4 is 10.0 Å². The van der Waals surface area contributed by atoms with Crippen molar-refractivity contribution in [3.05, 3.63) is 83.4 Å². The van der Waals surface area contributed by atoms with Gasteiger partial charge in [-0.15, -0.1) is 11.3 Å². The van der Waals surface area contributed by atoms with Gasteiger partial charge in [-0.1, -0.05) is 68.5 Å². The van der Waals surface area contributed by atoms with Crippen molar-refractivity contribution in [1.82, 2.24) is 15.0 Å². The molecule has 1 aliphatic rings. The Kier molecular flexibility index (Phi) is 6.88. The lowest BCUT2D eigenvalue weighted by Crippen LogP contribution is -2.60. The molecule has 1 amide bonds. The minimum atomic E-state index is -4.39. The third-order valence-corrected chi connectivity index (χ3v) is 8.74. The summed E-state index contributed by atoms with van der Waals surface area (Å²) in [6.07, 6.45) is 4.66. The normalized spacial score (nSPS) is 18.9. The van der Waals surface area contributed by atoms with E-state index in [1.165, 1.54) is 6.08 Å². The number of benzene rings is 2. The first kappa shape index (κ1) is 24.8. The number of hydrogen-bond donors (Lipinski definition) is 3. The van der Waals surface area contributed by atoms with Crippen LogP contribution in [-0.4, -0.2) is 41.3 Å². The molecule has 4 rings (SSSR count). The summed E-state index contributed by atoms with van der Waals surface area (Å²) in [6, 6.07) is 15.3. The molecule has 3 aromatic rings. The number of allylic oxidation sites excluding steroid dienone is 2. The number of amides is 1. The van der Waals surface area contributed by atoms with Crippen LogP contribution in [0.5, 0.6) is 0 Å². The standard InChI is InChI=1S/C25H25N3O5S2/c1-16(2)21(24(30)31)28-35(32,33)25(14-12-18(13-15-25)17-8-4-3-5-9-17)27-22(29)23-26-19-10-6-7-11-20(19)34-23/h3-14,16,21,28H,15H2,1-2H3,(H,27,29)(H,30,31)/t21-,25?/m1/s1. The summed E-state index contributed by atoms with van der Waals surface area (Å²) in [4.78, 5) is 27.4. The number of carboxylic acids is 1. The van der Waals surface area contributed by atoms with Crippen LogP contribution in [0.1, 0.15) is 35.6 Å². The highest BCUT2D eigenvalue weighted by atomic mass is 32.2. The van der Waals surface area contributed by atoms with Crippen molar-refractivity contribution in [2.45, 2.75) is 31.2 Å². The highest BCUT2D eigenvalue weighted by Crippen LogP contribution is 2.32. The predicted molar refractivity (Wildman–Crippen MR) is 136 cm³/mol. The minimum absolute atomic E-state index is 0.0931. The number of para-hydroxylation sites is 1. The van der Waals surface area contributed by atoms with Crippen molar-refractivity contribution in [2.24, 2.45) is 5.92 Å². The monoisotopic (exact) mass is 511 g/mol. The molecule has 0 spiro atoms. The molecule has 1 aliphatic carbocycles. The molecular weight excluding hydrogens is 486 g/mol. The van der Waals surface area contributed by atoms with Gasteiger partial charge in [0.1, 0.15) is 6.04 Å². The van der Waals surface area contributed by atoms with Crippen LogP contribution >= 0.6 is 11.3 Å². The molecule has 0 aliphatic heterocycles. The van der Waals surface area contributed by atoms with Crippen LogP contribution in [0.3, 0.4) is 0 Å². The fraction of sp³-hybridized carbons (Fsp3) is 0.240. The molecule has 1 unspecified atom stereocenters. The largest absolute Gasteiger partial charge is 0.480 e. The fourth-order valence-electron chi connectivity index (χ4n) is 3.78. The zero-order valence-electron chi connectivity index (χ0n) is 19.1. The SMILES string of the molecule is CC(C)[C@@H](NS(=O)(=O)C1(NC(=O)c2nc3ccccc3s2)C=CC(c2ccccc2)=CC1)C(=O)O. The van der Waals surface area contributed by atoms with Gasteiger partial charge in [0.25, 0.3) is 5.91 Å². The number of rotatable bonds is 8. The topological polar surface area (TPSA) is 125 Å². The molecule has 2 atom stereocenters. The summed E-state index contributed by atoms with van der Waals surface area (Å²) in [7, 11) is -4.39. The van der Waals surface area contributed by atoms with Crippen molar-refractivity contribution in [3.63, 3.8) is 0 Å². The summed E-state index contributed by atoms with van der Waals surface area (Å²) < 4.78 is 30.3. The second kappa shape index (κ2) is 9.73. The molecule has 0 fully saturated rings. The van der Waals surface area contributed by atoms with Crippen LogP contribution in [0.2, 0.25) is 0 Å². The van der Waals surface area contributed by atoms with E-state index in [1.54, 1.807) is 38.1 Å². The predicted octanol–water partition coefficient (Wildman–Crippen LogP) is 3.79. The van der Waals surface area contributed by atoms with Gasteiger partial charge in [-0.2, -0.15) is 4.72 Å². The number of fused-ring (bicyclic) bond motifs is 1. The maximum Gasteiger partial charge on any atom is 0.321 e. The van der Waals surface area contributed by atoms with Crippen molar-refractivity contribution in [3.8, 4) is 0 Å². The molecule has 10 heteroatoms. The van der Waals surface area contributed by atoms with E-state index in [2.05, 4.69) is 15.0 Å². The van der Waals surface area contributed by atoms with Gasteiger partial charge in [0, 0.05) is 6.42 Å². The fourth-order valence-corrected chi connectivity index (χ4v) is 6.34. The van der Waals surface area contributed by atoms with Gasteiger partial charge in [0.15, 0.2) is 9.88 Å². The molecule has 3 N–H and O–H groups in total. The van der Waals surface area contributed by atoms with Gasteiger partial charge in [0.05, 0.1) is 10.2 Å². The number of nitrogens with one attached hydrogen (secondary N) is 2. The number of aliphatic carboxylic acids is 1. The van der Waals surface area contributed by atoms with Crippen LogP contribution in [0, 0.1) is 5.92 Å². The average Bonchev–Trinajstić information content (AvgIpc) is 3.28. The maximum atomic E-state index is 13.6. The van der Waals surface area contributed by atoms with E-state index < -0.39 is 38.7 Å². The highest BCUT2D eigenvalue weighted by Gasteiger charge is 2.46. The second-order valence-corrected chi connectivity index (χ2v) is 11.6. The Balaban J connectivity index is 1.71. The molecule has 2 aromatic carbocycles. The summed E-state index contributed by atoms with van der Waals surface area (Å²) >= 11 is 1.15. The van der Waals surface area contributed by atoms with E-state index in [1.807, 2.05) is 42.5 Å². The molecule has 35 heavy (non-hydrogen) atoms. The molecule has 1 aromatic heterocycles. The van der Waals surface area contributed by atoms with E-state index in [0.29, 0.717) is 5.52 Å². The molecule has 0 saturated heterocycles. The third-order valence-electron chi connectivity index (χ3n) is 5.77. The van der Waals surface area contributed by atoms with E-state index in [-0.39, 0.29) is 11.4 Å². The lowest BCUT2D eigenvalue weighted by atomic mass is 9.96. The van der Waals surface area contributed by atoms with Gasteiger partial charge in [0.2, 0.25) is 10.0 Å². The summed E-state index contributed by atoms with van der Waals surface area (Å²) in [5.41, 5.74) is 2.32. The van der Waals surface area contributed by atoms with Crippen molar-refractivity contribution in [2.75, 3.05) is 0 Å². The number of carbonyl (C=O) groups is 2. The van der Waals surface area contributed by atoms with Crippen molar-refractivity contribution in [1.29, 1.82) is 0 Å². The zero-order chi connectivity index (χ0) is 25.2. The second-order valence-electron chi connectivity index (χ2n) is 8.57. The Morgan fingerprint density at radius 2 is 1.77 bits per heavy atom. The van der Waals surface area contributed by atoms with Crippen LogP contribution in [0.25, 0.3) is 15.8 Å². The van der Waals surface area contributed by atoms with Crippen LogP contribution in [-0.2, 0) is 14.8 Å². The van der Waals surface area contributed by atoms with Gasteiger partial charge in [-0.05, 0) is 35.3 Å². The Labute approximate surface area is 207 Å². The molecule has 8 nitrogen and oxygen atoms in total. The van der Waals surface area contributed by atoms with Gasteiger partial charge in [-0.3, -0.25) is 9.59 Å². The first-order valence-electron chi connectivity index (χ1n) is 11.0. The van der Waals surface area contributed by atoms with Crippen LogP contribution in [0.4, 0.5) is 0 Å². The molecule has 0 radical (unpaired) electrons. The summed E-state index contributed by atoms with van der Waals surface area (Å²) in [5.74, 6) is -2.46. The number of hydrogen-bond acceptors (Lipinski definition) is 6. The highest BCUT2D eigenvalue weighted by molar-refractivity contribution is 7.91. The van der Waals surface area contributed by atoms with Gasteiger partial charge in [-0.25, -0.2) is 13.4 Å². The van der Waals surface area contributed by atoms with Crippen molar-refractivity contribution >= 4 is 49.0 Å². The Morgan fingerprint density at radius 1 is 1.09 bits per heavy atom. The number of aromatic nitrogens is 1. The quantitative estimate of drug-likeness (QED) is 0.423. The number of carbonyl (C=O) groups excluding carboxylic acids is 1. The van der Waals surface area contributed by atoms with E-state index in [9.17, 15) is 23.1 Å². The Morgan fingerprint density at radius 3 is 2.37 bits per heavy atom. The molecule has 0 bridgehead atoms. The minimum Gasteiger partial charge on any atom is -0.480 e.